The number of benzene rings is 1. The van der Waals surface area contributed by atoms with E-state index in [-0.39, 0.29) is 12.0 Å². The number of carbonyl (C=O) groups is 1. The molecule has 1 atom stereocenters. The van der Waals surface area contributed by atoms with Crippen LogP contribution in [0.25, 0.3) is 10.8 Å². The molecule has 0 N–H and O–H groups in total. The van der Waals surface area contributed by atoms with Crippen LogP contribution in [0.2, 0.25) is 5.02 Å². The lowest BCUT2D eigenvalue weighted by atomic mass is 10.2. The lowest BCUT2D eigenvalue weighted by molar-refractivity contribution is 0.0964. The van der Waals surface area contributed by atoms with Crippen LogP contribution in [0.4, 0.5) is 5.69 Å². The van der Waals surface area contributed by atoms with E-state index in [0.29, 0.717) is 44.4 Å². The highest BCUT2D eigenvalue weighted by atomic mass is 35.5. The Balaban J connectivity index is 1.73. The molecule has 0 spiro atoms. The van der Waals surface area contributed by atoms with Gasteiger partial charge in [0.25, 0.3) is 5.91 Å². The maximum absolute atomic E-state index is 13.2. The van der Waals surface area contributed by atoms with Gasteiger partial charge in [0.05, 0.1) is 17.9 Å². The minimum absolute atomic E-state index is 0.113. The van der Waals surface area contributed by atoms with Gasteiger partial charge in [-0.15, -0.1) is 11.3 Å². The van der Waals surface area contributed by atoms with E-state index in [2.05, 4.69) is 15.0 Å². The molecule has 1 amide bonds. The van der Waals surface area contributed by atoms with Gasteiger partial charge < -0.3 is 9.64 Å². The van der Waals surface area contributed by atoms with Gasteiger partial charge >= 0.3 is 0 Å². The molecule has 26 heavy (non-hydrogen) atoms. The standard InChI is InChI=1S/C18H15ClN4O2S/c1-10-9-23(13-8-12(19)4-5-14(13)25-10)18(24)15-11(2)22-17(26-15)16-20-6-3-7-21-16/h3-8,10H,9H2,1-2H3/t10-/m0/s1. The highest BCUT2D eigenvalue weighted by molar-refractivity contribution is 7.17. The predicted octanol–water partition coefficient (Wildman–Crippen LogP) is 3.99. The lowest BCUT2D eigenvalue weighted by Crippen LogP contribution is -2.42. The molecule has 1 aliphatic heterocycles. The number of aromatic nitrogens is 3. The lowest BCUT2D eigenvalue weighted by Gasteiger charge is -2.33. The summed E-state index contributed by atoms with van der Waals surface area (Å²) in [6.45, 7) is 4.19. The fourth-order valence-electron chi connectivity index (χ4n) is 2.83. The number of thiazole rings is 1. The fourth-order valence-corrected chi connectivity index (χ4v) is 3.96. The van der Waals surface area contributed by atoms with Crippen LogP contribution in [0.15, 0.2) is 36.7 Å². The largest absolute Gasteiger partial charge is 0.487 e. The quantitative estimate of drug-likeness (QED) is 0.666. The van der Waals surface area contributed by atoms with Gasteiger partial charge in [-0.25, -0.2) is 15.0 Å². The summed E-state index contributed by atoms with van der Waals surface area (Å²) in [6.07, 6.45) is 3.20. The summed E-state index contributed by atoms with van der Waals surface area (Å²) >= 11 is 7.42. The van der Waals surface area contributed by atoms with Crippen molar-refractivity contribution in [3.05, 3.63) is 52.3 Å². The molecule has 0 aliphatic carbocycles. The van der Waals surface area contributed by atoms with Crippen LogP contribution in [0.1, 0.15) is 22.3 Å². The number of ether oxygens (including phenoxy) is 1. The molecule has 0 radical (unpaired) electrons. The molecule has 8 heteroatoms. The summed E-state index contributed by atoms with van der Waals surface area (Å²) < 4.78 is 5.82. The topological polar surface area (TPSA) is 68.2 Å². The number of fused-ring (bicyclic) bond motifs is 1. The Kier molecular flexibility index (Phi) is 4.34. The van der Waals surface area contributed by atoms with Crippen LogP contribution in [0, 0.1) is 6.92 Å². The summed E-state index contributed by atoms with van der Waals surface area (Å²) in [5.74, 6) is 1.04. The van der Waals surface area contributed by atoms with Crippen molar-refractivity contribution in [2.45, 2.75) is 20.0 Å². The maximum atomic E-state index is 13.2. The predicted molar refractivity (Wildman–Crippen MR) is 101 cm³/mol. The summed E-state index contributed by atoms with van der Waals surface area (Å²) in [7, 11) is 0. The average Bonchev–Trinajstić information content (AvgIpc) is 3.03. The summed E-state index contributed by atoms with van der Waals surface area (Å²) in [4.78, 5) is 28.4. The molecule has 0 bridgehead atoms. The summed E-state index contributed by atoms with van der Waals surface area (Å²) in [6, 6.07) is 7.03. The van der Waals surface area contributed by atoms with Crippen molar-refractivity contribution in [2.24, 2.45) is 0 Å². The zero-order valence-electron chi connectivity index (χ0n) is 14.1. The molecule has 3 heterocycles. The second kappa shape index (κ2) is 6.66. The molecule has 0 saturated heterocycles. The first-order chi connectivity index (χ1) is 12.5. The summed E-state index contributed by atoms with van der Waals surface area (Å²) in [5, 5.41) is 1.18. The van der Waals surface area contributed by atoms with Crippen molar-refractivity contribution < 1.29 is 9.53 Å². The van der Waals surface area contributed by atoms with E-state index in [0.717, 1.165) is 0 Å². The number of aryl methyl sites for hydroxylation is 1. The van der Waals surface area contributed by atoms with Crippen molar-refractivity contribution in [3.8, 4) is 16.6 Å². The van der Waals surface area contributed by atoms with Gasteiger partial charge in [0, 0.05) is 17.4 Å². The van der Waals surface area contributed by atoms with E-state index >= 15 is 0 Å². The Morgan fingerprint density at radius 3 is 2.88 bits per heavy atom. The first-order valence-electron chi connectivity index (χ1n) is 8.06. The van der Waals surface area contributed by atoms with Gasteiger partial charge in [-0.05, 0) is 38.1 Å². The third kappa shape index (κ3) is 3.04. The van der Waals surface area contributed by atoms with E-state index in [1.54, 1.807) is 41.6 Å². The summed E-state index contributed by atoms with van der Waals surface area (Å²) in [5.41, 5.74) is 1.33. The molecule has 6 nitrogen and oxygen atoms in total. The molecule has 1 aromatic carbocycles. The first kappa shape index (κ1) is 16.9. The molecule has 0 fully saturated rings. The molecule has 1 aliphatic rings. The van der Waals surface area contributed by atoms with E-state index in [9.17, 15) is 4.79 Å². The van der Waals surface area contributed by atoms with E-state index in [1.807, 2.05) is 13.8 Å². The first-order valence-corrected chi connectivity index (χ1v) is 9.25. The van der Waals surface area contributed by atoms with Gasteiger partial charge in [-0.1, -0.05) is 11.6 Å². The zero-order valence-corrected chi connectivity index (χ0v) is 15.7. The van der Waals surface area contributed by atoms with Gasteiger partial charge in [-0.2, -0.15) is 0 Å². The van der Waals surface area contributed by atoms with Gasteiger partial charge in [0.2, 0.25) is 0 Å². The number of amides is 1. The molecule has 132 valence electrons. The third-order valence-electron chi connectivity index (χ3n) is 3.97. The average molecular weight is 387 g/mol. The normalized spacial score (nSPS) is 16.1. The highest BCUT2D eigenvalue weighted by Gasteiger charge is 2.31. The Bertz CT molecular complexity index is 977. The van der Waals surface area contributed by atoms with Crippen LogP contribution < -0.4 is 9.64 Å². The molecule has 3 aromatic rings. The molecule has 2 aromatic heterocycles. The number of hydrogen-bond acceptors (Lipinski definition) is 6. The van der Waals surface area contributed by atoms with E-state index < -0.39 is 0 Å². The second-order valence-electron chi connectivity index (χ2n) is 5.96. The van der Waals surface area contributed by atoms with Crippen molar-refractivity contribution in [1.82, 2.24) is 15.0 Å². The smallest absolute Gasteiger partial charge is 0.270 e. The minimum atomic E-state index is -0.124. The second-order valence-corrected chi connectivity index (χ2v) is 7.40. The van der Waals surface area contributed by atoms with E-state index in [4.69, 9.17) is 16.3 Å². The Morgan fingerprint density at radius 1 is 1.35 bits per heavy atom. The highest BCUT2D eigenvalue weighted by Crippen LogP contribution is 2.37. The van der Waals surface area contributed by atoms with Crippen molar-refractivity contribution in [2.75, 3.05) is 11.4 Å². The molecular weight excluding hydrogens is 372 g/mol. The van der Waals surface area contributed by atoms with Crippen molar-refractivity contribution in [3.63, 3.8) is 0 Å². The van der Waals surface area contributed by atoms with E-state index in [1.165, 1.54) is 11.3 Å². The number of nitrogens with zero attached hydrogens (tertiary/aromatic N) is 4. The van der Waals surface area contributed by atoms with Crippen LogP contribution in [-0.4, -0.2) is 33.5 Å². The number of halogens is 1. The molecular formula is C18H15ClN4O2S. The monoisotopic (exact) mass is 386 g/mol. The van der Waals surface area contributed by atoms with Crippen LogP contribution in [0.5, 0.6) is 5.75 Å². The van der Waals surface area contributed by atoms with Crippen molar-refractivity contribution in [1.29, 1.82) is 0 Å². The third-order valence-corrected chi connectivity index (χ3v) is 5.35. The molecule has 0 unspecified atom stereocenters. The Hall–Kier alpha value is -2.51. The van der Waals surface area contributed by atoms with Gasteiger partial charge in [-0.3, -0.25) is 4.79 Å². The minimum Gasteiger partial charge on any atom is -0.487 e. The van der Waals surface area contributed by atoms with Gasteiger partial charge in [0.15, 0.2) is 10.8 Å². The van der Waals surface area contributed by atoms with Crippen molar-refractivity contribution >= 4 is 34.5 Å². The van der Waals surface area contributed by atoms with Gasteiger partial charge in [0.1, 0.15) is 16.7 Å². The molecule has 0 saturated carbocycles. The zero-order chi connectivity index (χ0) is 18.3. The maximum Gasteiger partial charge on any atom is 0.270 e. The Labute approximate surface area is 159 Å². The molecule has 4 rings (SSSR count). The van der Waals surface area contributed by atoms with Crippen LogP contribution >= 0.6 is 22.9 Å². The Morgan fingerprint density at radius 2 is 2.12 bits per heavy atom. The number of rotatable bonds is 2. The number of anilines is 1. The SMILES string of the molecule is Cc1nc(-c2ncccn2)sc1C(=O)N1C[C@H](C)Oc2ccc(Cl)cc21. The number of hydrogen-bond donors (Lipinski definition) is 0. The van der Waals surface area contributed by atoms with Crippen LogP contribution in [0.3, 0.4) is 0 Å². The fraction of sp³-hybridized carbons (Fsp3) is 0.222. The van der Waals surface area contributed by atoms with Crippen LogP contribution in [-0.2, 0) is 0 Å². The number of carbonyl (C=O) groups excluding carboxylic acids is 1.